The molecule has 654 valence electrons. The number of aromatic hydroxyl groups is 1. The van der Waals surface area contributed by atoms with Crippen molar-refractivity contribution in [3.8, 4) is 5.75 Å². The third kappa shape index (κ3) is 33.0. The Kier molecular flexibility index (Phi) is 38.5. The first kappa shape index (κ1) is 95.8. The first-order valence-electron chi connectivity index (χ1n) is 39.6. The molecular weight excluding hydrogens is 1690 g/mol. The number of likely N-dealkylation sites (N-methyl/N-ethyl adjacent to an activating group) is 1. The topological polar surface area (TPSA) is 364 Å². The zero-order valence-electron chi connectivity index (χ0n) is 69.4. The number of halogens is 4. The second kappa shape index (κ2) is 49.9. The highest BCUT2D eigenvalue weighted by atomic mass is 35.5. The van der Waals surface area contributed by atoms with Crippen molar-refractivity contribution in [2.24, 2.45) is 0 Å². The number of hydrogen-bond acceptors (Lipinski definition) is 22. The van der Waals surface area contributed by atoms with Gasteiger partial charge in [0.1, 0.15) is 50.4 Å². The number of anilines is 4. The maximum atomic E-state index is 12.9. The lowest BCUT2D eigenvalue weighted by Crippen LogP contribution is -2.44. The second-order valence-electron chi connectivity index (χ2n) is 28.7. The monoisotopic (exact) mass is 1790 g/mol. The number of aryl methyl sites for hydroxylation is 2. The molecule has 0 atom stereocenters. The van der Waals surface area contributed by atoms with Crippen molar-refractivity contribution in [1.82, 2.24) is 61.5 Å². The molecule has 36 heteroatoms. The molecule has 7 aromatic carbocycles. The lowest BCUT2D eigenvalue weighted by atomic mass is 10.0. The van der Waals surface area contributed by atoms with Gasteiger partial charge in [-0.3, -0.25) is 55.7 Å². The Morgan fingerprint density at radius 3 is 1.41 bits per heavy atom. The zero-order chi connectivity index (χ0) is 88.8. The number of ether oxygens (including phenoxy) is 5. The van der Waals surface area contributed by atoms with Crippen LogP contribution >= 0.6 is 57.7 Å². The van der Waals surface area contributed by atoms with E-state index in [4.69, 9.17) is 70.1 Å². The van der Waals surface area contributed by atoms with Crippen LogP contribution in [-0.2, 0) is 77.1 Å². The molecule has 0 saturated heterocycles. The van der Waals surface area contributed by atoms with E-state index < -0.39 is 24.4 Å². The molecule has 4 aromatic heterocycles. The summed E-state index contributed by atoms with van der Waals surface area (Å²) in [6, 6.07) is 56.4. The van der Waals surface area contributed by atoms with Gasteiger partial charge in [-0.2, -0.15) is 0 Å². The van der Waals surface area contributed by atoms with E-state index in [9.17, 15) is 43.5 Å². The van der Waals surface area contributed by atoms with Crippen LogP contribution in [0.5, 0.6) is 5.75 Å². The molecule has 11 aromatic rings. The van der Waals surface area contributed by atoms with Crippen molar-refractivity contribution < 1.29 is 71.6 Å². The van der Waals surface area contributed by atoms with E-state index >= 15 is 0 Å². The first-order chi connectivity index (χ1) is 59.7. The smallest absolute Gasteiger partial charge is 0.413 e. The van der Waals surface area contributed by atoms with Gasteiger partial charge in [0.05, 0.1) is 89.1 Å². The number of hydrogen-bond donors (Lipinski definition) is 9. The summed E-state index contributed by atoms with van der Waals surface area (Å²) in [7, 11) is 6.27. The van der Waals surface area contributed by atoms with Gasteiger partial charge < -0.3 is 43.5 Å². The average Bonchev–Trinajstić information content (AvgIpc) is 1.56. The number of benzene rings is 7. The summed E-state index contributed by atoms with van der Waals surface area (Å²) in [5, 5.41) is 33.9. The van der Waals surface area contributed by atoms with Crippen LogP contribution in [0.25, 0.3) is 32.6 Å². The summed E-state index contributed by atoms with van der Waals surface area (Å²) in [6.45, 7) is 8.67. The quantitative estimate of drug-likeness (QED) is 0.00798. The predicted molar refractivity (Wildman–Crippen MR) is 482 cm³/mol. The molecule has 31 nitrogen and oxygen atoms in total. The molecule has 1 aliphatic carbocycles. The number of quaternary nitrogens is 1. The molecule has 1 aliphatic rings. The van der Waals surface area contributed by atoms with Crippen molar-refractivity contribution in [2.45, 2.75) is 72.6 Å². The highest BCUT2D eigenvalue weighted by Gasteiger charge is 2.21. The van der Waals surface area contributed by atoms with Gasteiger partial charge in [-0.15, -0.1) is 11.3 Å². The normalized spacial score (nSPS) is 11.3. The number of carbonyl (C=O) groups is 8. The van der Waals surface area contributed by atoms with Crippen LogP contribution in [0.15, 0.2) is 200 Å². The molecule has 0 bridgehead atoms. The third-order valence-electron chi connectivity index (χ3n) is 18.4. The average molecular weight is 1790 g/mol. The minimum atomic E-state index is -0.744. The Morgan fingerprint density at radius 2 is 0.887 bits per heavy atom. The minimum Gasteiger partial charge on any atom is -0.507 e. The Labute approximate surface area is 742 Å². The fraction of sp³-hybridized carbons (Fsp3) is 0.295. The van der Waals surface area contributed by atoms with Gasteiger partial charge in [-0.05, 0) is 108 Å². The third-order valence-corrected chi connectivity index (χ3v) is 20.9. The largest absolute Gasteiger partial charge is 0.507 e. The Bertz CT molecular complexity index is 5380. The number of amides is 9. The number of thiazole rings is 1. The number of para-hydroxylation sites is 2. The highest BCUT2D eigenvalue weighted by molar-refractivity contribution is 7.15. The van der Waals surface area contributed by atoms with E-state index in [-0.39, 0.29) is 94.5 Å². The molecule has 0 spiro atoms. The molecule has 4 heterocycles. The van der Waals surface area contributed by atoms with Gasteiger partial charge in [-0.25, -0.2) is 55.2 Å². The van der Waals surface area contributed by atoms with E-state index in [1.54, 1.807) is 71.9 Å². The summed E-state index contributed by atoms with van der Waals surface area (Å²) in [6.07, 6.45) is 4.99. The van der Waals surface area contributed by atoms with Crippen LogP contribution in [0.3, 0.4) is 0 Å². The molecule has 0 unspecified atom stereocenters. The molecular formula is C88H100Cl4N17O14S+. The molecule has 12 rings (SSSR count). The van der Waals surface area contributed by atoms with Crippen LogP contribution in [0, 0.1) is 0 Å². The number of hydrazine groups is 3. The Balaban J connectivity index is 0.000000188. The van der Waals surface area contributed by atoms with Crippen LogP contribution in [0.4, 0.5) is 46.4 Å². The van der Waals surface area contributed by atoms with Gasteiger partial charge in [0.25, 0.3) is 0 Å². The molecule has 9 amide bonds. The molecule has 0 radical (unpaired) electrons. The standard InChI is InChI=1S/C27H34ClN5O4.C21H21ClN4O4.C21H21ClN4O3.C19H23ClN4O3S/c1-33(2,3)14-17-36-15-12-32(26(34)30-20-23-10-6-7-11-24(23)28)13-16-37-27(35)31-25-18-21-8-4-5-9-22(21)19-29-25;1-14(27)26(23-13-15-6-2-4-8-17(15)22)10-11-30-21(29)25-20-12-19(28)16-7-3-5-9-18(16)24-20;1-15(27)26(24-13-17-7-2-4-8-19(17)22)10-11-29-21(28)25-18-12-16-6-3-5-9-20(16)23-14-18;1-13(25)24(21-12-14-6-2-3-7-15(14)20)10-11-27-19(26)23-18-22-16-8-4-5-9-17(16)28-18/h4-11,18-19H,12-17,20H2,1-3H3,(H-,29,30,31,34,35);2-9,12,23H,10-11,13H2,1H3,(H2,24,25,28,29);2-9,12,14,24H,10-11,13H2,1H3,(H,25,28);2-3,6-7,21H,4-5,8-12H2,1H3,(H,22,23,26)/p+1. The van der Waals surface area contributed by atoms with Gasteiger partial charge in [0, 0.05) is 107 Å². The summed E-state index contributed by atoms with van der Waals surface area (Å²) < 4.78 is 27.3. The van der Waals surface area contributed by atoms with Gasteiger partial charge in [0.15, 0.2) is 5.13 Å². The SMILES string of the molecule is CC(=O)N(CCOC(=O)Nc1cc(O)c2ccccc2n1)NCc1ccccc1Cl.CC(=O)N(CCOC(=O)Nc1cnc2ccccc2c1)NCc1ccccc1Cl.CC(=O)N(CCOC(=O)Nc1nc2c(s1)CCCC2)NCc1ccccc1Cl.C[N+](C)(C)CCOCCN(CCOC(=O)Nc1cc2ccccc2cn1)C(=O)NCc1ccccc1Cl. The molecule has 0 aliphatic heterocycles. The number of rotatable bonds is 33. The number of nitrogens with zero attached hydrogens (tertiary/aromatic N) is 9. The number of pyridine rings is 3. The van der Waals surface area contributed by atoms with Crippen molar-refractivity contribution in [1.29, 1.82) is 0 Å². The van der Waals surface area contributed by atoms with Crippen LogP contribution in [0.2, 0.25) is 20.1 Å². The number of fused-ring (bicyclic) bond motifs is 4. The van der Waals surface area contributed by atoms with E-state index in [2.05, 4.69) is 83.9 Å². The van der Waals surface area contributed by atoms with Crippen LogP contribution in [-0.4, -0.2) is 198 Å². The summed E-state index contributed by atoms with van der Waals surface area (Å²) >= 11 is 26.1. The fourth-order valence-corrected chi connectivity index (χ4v) is 13.6. The summed E-state index contributed by atoms with van der Waals surface area (Å²) in [5.74, 6) is -0.0433. The molecule has 0 fully saturated rings. The van der Waals surface area contributed by atoms with E-state index in [1.165, 1.54) is 64.5 Å². The van der Waals surface area contributed by atoms with Crippen LogP contribution < -0.4 is 42.9 Å². The van der Waals surface area contributed by atoms with Crippen molar-refractivity contribution in [2.75, 3.05) is 121 Å². The molecule has 0 saturated carbocycles. The van der Waals surface area contributed by atoms with E-state index in [0.717, 1.165) is 79.9 Å². The first-order valence-corrected chi connectivity index (χ1v) is 41.9. The van der Waals surface area contributed by atoms with Crippen molar-refractivity contribution in [3.63, 3.8) is 0 Å². The molecule has 9 N–H and O–H groups in total. The van der Waals surface area contributed by atoms with Gasteiger partial charge in [0.2, 0.25) is 17.7 Å². The summed E-state index contributed by atoms with van der Waals surface area (Å²) in [5.41, 5.74) is 15.4. The maximum Gasteiger partial charge on any atom is 0.413 e. The Hall–Kier alpha value is -12.1. The van der Waals surface area contributed by atoms with E-state index in [0.29, 0.717) is 87.0 Å². The number of aromatic nitrogens is 4. The number of nitrogens with one attached hydrogen (secondary N) is 8. The van der Waals surface area contributed by atoms with Gasteiger partial charge >= 0.3 is 30.4 Å². The number of urea groups is 1. The van der Waals surface area contributed by atoms with Crippen LogP contribution in [0.1, 0.15) is 66.4 Å². The molecule has 124 heavy (non-hydrogen) atoms. The van der Waals surface area contributed by atoms with Crippen molar-refractivity contribution >= 4 is 161 Å². The predicted octanol–water partition coefficient (Wildman–Crippen LogP) is 15.8. The van der Waals surface area contributed by atoms with Gasteiger partial charge in [-0.1, -0.05) is 174 Å². The summed E-state index contributed by atoms with van der Waals surface area (Å²) in [4.78, 5) is 117. The zero-order valence-corrected chi connectivity index (χ0v) is 73.2. The Morgan fingerprint density at radius 1 is 0.444 bits per heavy atom. The lowest BCUT2D eigenvalue weighted by Gasteiger charge is -2.25. The second-order valence-corrected chi connectivity index (χ2v) is 31.4. The fourth-order valence-electron chi connectivity index (χ4n) is 11.8. The lowest BCUT2D eigenvalue weighted by molar-refractivity contribution is -0.870. The minimum absolute atomic E-state index is 0.00225. The van der Waals surface area contributed by atoms with E-state index in [1.807, 2.05) is 127 Å². The highest BCUT2D eigenvalue weighted by Crippen LogP contribution is 2.31. The maximum absolute atomic E-state index is 12.9. The van der Waals surface area contributed by atoms with Crippen molar-refractivity contribution in [3.05, 3.63) is 253 Å². The number of carbonyl (C=O) groups excluding carboxylic acids is 8.